The molecule has 142 valence electrons. The van der Waals surface area contributed by atoms with Gasteiger partial charge in [-0.1, -0.05) is 16.9 Å². The van der Waals surface area contributed by atoms with Gasteiger partial charge < -0.3 is 9.84 Å². The number of thioether (sulfide) groups is 1. The van der Waals surface area contributed by atoms with Crippen molar-refractivity contribution in [2.24, 2.45) is 23.7 Å². The molecule has 0 unspecified atom stereocenters. The number of carbonyl (C=O) groups is 1. The largest absolute Gasteiger partial charge is 0.361 e. The van der Waals surface area contributed by atoms with Crippen LogP contribution >= 0.6 is 11.8 Å². The highest BCUT2D eigenvalue weighted by Crippen LogP contribution is 2.53. The molecule has 4 fully saturated rings. The van der Waals surface area contributed by atoms with Crippen LogP contribution in [0.4, 0.5) is 0 Å². The van der Waals surface area contributed by atoms with E-state index >= 15 is 0 Å². The topological polar surface area (TPSA) is 68.0 Å². The van der Waals surface area contributed by atoms with Gasteiger partial charge in [0.25, 0.3) is 5.91 Å². The zero-order chi connectivity index (χ0) is 18.4. The number of aromatic nitrogens is 2. The minimum absolute atomic E-state index is 0.0272. The first-order valence-corrected chi connectivity index (χ1v) is 10.9. The summed E-state index contributed by atoms with van der Waals surface area (Å²) in [5, 5.41) is 8.18. The third-order valence-corrected chi connectivity index (χ3v) is 7.61. The number of carbonyl (C=O) groups excluding carboxylic acids is 1. The van der Waals surface area contributed by atoms with Crippen molar-refractivity contribution in [3.8, 4) is 0 Å². The maximum absolute atomic E-state index is 13.1. The summed E-state index contributed by atoms with van der Waals surface area (Å²) < 4.78 is 5.12. The predicted molar refractivity (Wildman–Crippen MR) is 103 cm³/mol. The van der Waals surface area contributed by atoms with Crippen LogP contribution in [0.25, 0.3) is 0 Å². The number of amides is 1. The van der Waals surface area contributed by atoms with E-state index in [-0.39, 0.29) is 5.91 Å². The summed E-state index contributed by atoms with van der Waals surface area (Å²) in [4.78, 5) is 17.5. The third kappa shape index (κ3) is 3.40. The van der Waals surface area contributed by atoms with Crippen LogP contribution in [0.1, 0.15) is 53.9 Å². The first kappa shape index (κ1) is 17.3. The molecule has 2 heterocycles. The van der Waals surface area contributed by atoms with Crippen LogP contribution in [0, 0.1) is 30.6 Å². The van der Waals surface area contributed by atoms with Crippen LogP contribution in [0.5, 0.6) is 0 Å². The van der Waals surface area contributed by atoms with E-state index in [1.807, 2.05) is 25.1 Å². The number of aryl methyl sites for hydroxylation is 1. The second-order valence-corrected chi connectivity index (χ2v) is 9.47. The standard InChI is InChI=1S/C21H25N3O2S/c1-12-5-17(24-26-12)11-27-21-18(3-2-4-22-21)20(25)23-19-15-7-13-6-14(9-15)10-16(19)8-13/h2-5,13-16,19H,6-11H2,1H3,(H,23,25). The Bertz CT molecular complexity index is 821. The molecular weight excluding hydrogens is 358 g/mol. The lowest BCUT2D eigenvalue weighted by atomic mass is 9.54. The highest BCUT2D eigenvalue weighted by molar-refractivity contribution is 7.98. The van der Waals surface area contributed by atoms with Crippen LogP contribution in [-0.2, 0) is 5.75 Å². The second-order valence-electron chi connectivity index (χ2n) is 8.50. The van der Waals surface area contributed by atoms with E-state index in [9.17, 15) is 4.79 Å². The summed E-state index contributed by atoms with van der Waals surface area (Å²) in [5.41, 5.74) is 1.55. The Balaban J connectivity index is 1.29. The summed E-state index contributed by atoms with van der Waals surface area (Å²) in [5.74, 6) is 4.65. The Kier molecular flexibility index (Phi) is 4.46. The molecule has 0 aromatic carbocycles. The Morgan fingerprint density at radius 2 is 1.96 bits per heavy atom. The lowest BCUT2D eigenvalue weighted by Crippen LogP contribution is -2.55. The molecule has 1 N–H and O–H groups in total. The molecular formula is C21H25N3O2S. The molecule has 4 saturated carbocycles. The highest BCUT2D eigenvalue weighted by Gasteiger charge is 2.48. The number of nitrogens with one attached hydrogen (secondary N) is 1. The molecule has 27 heavy (non-hydrogen) atoms. The van der Waals surface area contributed by atoms with Crippen molar-refractivity contribution >= 4 is 17.7 Å². The molecule has 4 bridgehead atoms. The van der Waals surface area contributed by atoms with Crippen molar-refractivity contribution in [2.45, 2.75) is 55.8 Å². The molecule has 1 amide bonds. The Labute approximate surface area is 163 Å². The Hall–Kier alpha value is -1.82. The molecule has 2 aromatic rings. The van der Waals surface area contributed by atoms with Gasteiger partial charge in [0.05, 0.1) is 11.3 Å². The number of pyridine rings is 1. The van der Waals surface area contributed by atoms with Gasteiger partial charge in [-0.25, -0.2) is 4.98 Å². The molecule has 0 spiro atoms. The van der Waals surface area contributed by atoms with E-state index in [1.54, 1.807) is 6.20 Å². The molecule has 0 atom stereocenters. The molecule has 0 saturated heterocycles. The average molecular weight is 384 g/mol. The summed E-state index contributed by atoms with van der Waals surface area (Å²) in [6.07, 6.45) is 8.39. The van der Waals surface area contributed by atoms with Crippen molar-refractivity contribution in [3.63, 3.8) is 0 Å². The van der Waals surface area contributed by atoms with Gasteiger partial charge in [0.1, 0.15) is 10.8 Å². The minimum atomic E-state index is 0.0272. The van der Waals surface area contributed by atoms with E-state index in [0.717, 1.165) is 28.3 Å². The Morgan fingerprint density at radius 3 is 2.63 bits per heavy atom. The zero-order valence-corrected chi connectivity index (χ0v) is 16.4. The normalized spacial score (nSPS) is 31.2. The monoisotopic (exact) mass is 383 g/mol. The number of rotatable bonds is 5. The summed E-state index contributed by atoms with van der Waals surface area (Å²) in [6, 6.07) is 6.00. The quantitative estimate of drug-likeness (QED) is 0.783. The van der Waals surface area contributed by atoms with E-state index in [2.05, 4.69) is 15.5 Å². The summed E-state index contributed by atoms with van der Waals surface area (Å²) >= 11 is 1.54. The van der Waals surface area contributed by atoms with Crippen molar-refractivity contribution in [2.75, 3.05) is 0 Å². The maximum Gasteiger partial charge on any atom is 0.254 e. The maximum atomic E-state index is 13.1. The first-order chi connectivity index (χ1) is 13.2. The van der Waals surface area contributed by atoms with Gasteiger partial charge in [-0.05, 0) is 74.8 Å². The van der Waals surface area contributed by atoms with E-state index in [1.165, 1.54) is 43.9 Å². The first-order valence-electron chi connectivity index (χ1n) is 9.96. The lowest BCUT2D eigenvalue weighted by Gasteiger charge is -2.54. The molecule has 6 heteroatoms. The second kappa shape index (κ2) is 6.97. The van der Waals surface area contributed by atoms with Crippen molar-refractivity contribution in [3.05, 3.63) is 41.4 Å². The smallest absolute Gasteiger partial charge is 0.254 e. The fourth-order valence-electron chi connectivity index (χ4n) is 5.70. The molecule has 2 aromatic heterocycles. The van der Waals surface area contributed by atoms with Gasteiger partial charge in [0.2, 0.25) is 0 Å². The molecule has 4 aliphatic carbocycles. The molecule has 0 aliphatic heterocycles. The lowest BCUT2D eigenvalue weighted by molar-refractivity contribution is -0.0120. The van der Waals surface area contributed by atoms with Crippen LogP contribution in [0.2, 0.25) is 0 Å². The third-order valence-electron chi connectivity index (χ3n) is 6.57. The predicted octanol–water partition coefficient (Wildman–Crippen LogP) is 4.22. The van der Waals surface area contributed by atoms with E-state index in [0.29, 0.717) is 29.2 Å². The molecule has 5 nitrogen and oxygen atoms in total. The van der Waals surface area contributed by atoms with Gasteiger partial charge in [0.15, 0.2) is 0 Å². The van der Waals surface area contributed by atoms with Gasteiger partial charge in [-0.15, -0.1) is 0 Å². The van der Waals surface area contributed by atoms with E-state index < -0.39 is 0 Å². The van der Waals surface area contributed by atoms with Gasteiger partial charge in [-0.3, -0.25) is 4.79 Å². The van der Waals surface area contributed by atoms with Gasteiger partial charge in [-0.2, -0.15) is 0 Å². The van der Waals surface area contributed by atoms with Gasteiger partial charge in [0, 0.05) is 24.1 Å². The zero-order valence-electron chi connectivity index (χ0n) is 15.6. The minimum Gasteiger partial charge on any atom is -0.361 e. The SMILES string of the molecule is Cc1cc(CSc2ncccc2C(=O)NC2C3CC4CC(C3)CC2C4)no1. The van der Waals surface area contributed by atoms with Crippen LogP contribution in [-0.4, -0.2) is 22.1 Å². The average Bonchev–Trinajstić information content (AvgIpc) is 3.08. The Morgan fingerprint density at radius 1 is 1.22 bits per heavy atom. The number of hydrogen-bond donors (Lipinski definition) is 1. The summed E-state index contributed by atoms with van der Waals surface area (Å²) in [6.45, 7) is 1.88. The fraction of sp³-hybridized carbons (Fsp3) is 0.571. The van der Waals surface area contributed by atoms with Crippen molar-refractivity contribution in [1.82, 2.24) is 15.5 Å². The van der Waals surface area contributed by atoms with Crippen molar-refractivity contribution in [1.29, 1.82) is 0 Å². The summed E-state index contributed by atoms with van der Waals surface area (Å²) in [7, 11) is 0. The van der Waals surface area contributed by atoms with E-state index in [4.69, 9.17) is 4.52 Å². The highest BCUT2D eigenvalue weighted by atomic mass is 32.2. The molecule has 6 rings (SSSR count). The van der Waals surface area contributed by atoms with Gasteiger partial charge >= 0.3 is 0 Å². The molecule has 0 radical (unpaired) electrons. The van der Waals surface area contributed by atoms with Crippen molar-refractivity contribution < 1.29 is 9.32 Å². The number of nitrogens with zero attached hydrogens (tertiary/aromatic N) is 2. The number of hydrogen-bond acceptors (Lipinski definition) is 5. The van der Waals surface area contributed by atoms with Crippen LogP contribution in [0.15, 0.2) is 33.9 Å². The van der Waals surface area contributed by atoms with Crippen LogP contribution in [0.3, 0.4) is 0 Å². The van der Waals surface area contributed by atoms with Crippen LogP contribution < -0.4 is 5.32 Å². The molecule has 4 aliphatic rings. The fourth-order valence-corrected chi connectivity index (χ4v) is 6.57.